The normalized spacial score (nSPS) is 19.4. The Kier molecular flexibility index (Phi) is 6.95. The lowest BCUT2D eigenvalue weighted by Gasteiger charge is -2.47. The van der Waals surface area contributed by atoms with E-state index >= 15 is 0 Å². The van der Waals surface area contributed by atoms with Crippen LogP contribution in [0.4, 0.5) is 17.1 Å². The quantitative estimate of drug-likeness (QED) is 0.151. The summed E-state index contributed by atoms with van der Waals surface area (Å²) in [5.41, 5.74) is 20.4. The highest BCUT2D eigenvalue weighted by Gasteiger charge is 2.47. The van der Waals surface area contributed by atoms with Crippen molar-refractivity contribution in [2.24, 2.45) is 0 Å². The predicted octanol–water partition coefficient (Wildman–Crippen LogP) is 12.9. The standard InChI is InChI=1S/C53H57BN2S/c1-30-23-42-46-43(24-30)56-47-34(45-33-15-13-14-16-44(33)57-48(45)56)25-31(49(2,3)4)26-40(47)54(46)39-28-37-38(53(11,12)22-21-52(37,9)10)29-41(39)55(42)32-17-18-35-36(27-32)51(7,8)20-19-50(35,5)6/h13-18,23-29H,19-22H2,1-12H3. The maximum Gasteiger partial charge on any atom is 0.252 e. The van der Waals surface area contributed by atoms with E-state index in [1.807, 2.05) is 11.3 Å². The van der Waals surface area contributed by atoms with Crippen LogP contribution in [0.5, 0.6) is 0 Å². The monoisotopic (exact) mass is 764 g/mol. The Hall–Kier alpha value is -4.28. The SMILES string of the molecule is Cc1cc2c3c(c1)-n1c4sc5ccccc5c4c4cc(C(C)(C)C)cc(c41)B3c1cc3c(cc1N2c1ccc2c(c1)C(C)(C)CCC2(C)C)C(C)(C)CCC3(C)C. The van der Waals surface area contributed by atoms with Crippen molar-refractivity contribution >= 4 is 82.7 Å². The molecule has 11 rings (SSSR count). The minimum atomic E-state index is -0.00354. The molecule has 5 aromatic carbocycles. The molecule has 0 spiro atoms. The summed E-state index contributed by atoms with van der Waals surface area (Å²) in [7, 11) is 0. The van der Waals surface area contributed by atoms with Gasteiger partial charge in [-0.05, 0) is 152 Å². The number of nitrogens with zero attached hydrogens (tertiary/aromatic N) is 2. The first-order valence-corrected chi connectivity index (χ1v) is 22.4. The summed E-state index contributed by atoms with van der Waals surface area (Å²) < 4.78 is 4.05. The molecule has 0 N–H and O–H groups in total. The minimum absolute atomic E-state index is 0.00354. The summed E-state index contributed by atoms with van der Waals surface area (Å²) in [6.45, 7) is 29.4. The zero-order valence-electron chi connectivity index (χ0n) is 36.2. The highest BCUT2D eigenvalue weighted by atomic mass is 32.1. The third-order valence-corrected chi connectivity index (χ3v) is 16.4. The Morgan fingerprint density at radius 2 is 1.21 bits per heavy atom. The molecule has 288 valence electrons. The van der Waals surface area contributed by atoms with Gasteiger partial charge in [0.15, 0.2) is 0 Å². The van der Waals surface area contributed by atoms with E-state index in [0.29, 0.717) is 0 Å². The van der Waals surface area contributed by atoms with E-state index in [-0.39, 0.29) is 33.8 Å². The van der Waals surface area contributed by atoms with Crippen molar-refractivity contribution in [3.05, 3.63) is 112 Å². The summed E-state index contributed by atoms with van der Waals surface area (Å²) >= 11 is 1.96. The molecule has 0 fully saturated rings. The molecule has 0 atom stereocenters. The van der Waals surface area contributed by atoms with E-state index in [1.165, 1.54) is 124 Å². The van der Waals surface area contributed by atoms with E-state index in [4.69, 9.17) is 0 Å². The van der Waals surface area contributed by atoms with Crippen molar-refractivity contribution < 1.29 is 0 Å². The van der Waals surface area contributed by atoms with Gasteiger partial charge < -0.3 is 9.47 Å². The summed E-state index contributed by atoms with van der Waals surface area (Å²) in [4.78, 5) is 4.07. The van der Waals surface area contributed by atoms with Gasteiger partial charge in [0, 0.05) is 43.6 Å². The van der Waals surface area contributed by atoms with Crippen LogP contribution in [0.1, 0.15) is 135 Å². The third kappa shape index (κ3) is 4.77. The molecule has 4 aliphatic rings. The lowest BCUT2D eigenvalue weighted by molar-refractivity contribution is 0.332. The van der Waals surface area contributed by atoms with Crippen molar-refractivity contribution in [3.8, 4) is 5.69 Å². The molecular weight excluding hydrogens is 707 g/mol. The van der Waals surface area contributed by atoms with Gasteiger partial charge >= 0.3 is 0 Å². The molecule has 2 aliphatic heterocycles. The van der Waals surface area contributed by atoms with E-state index in [2.05, 4.69) is 171 Å². The van der Waals surface area contributed by atoms with Gasteiger partial charge in [0.1, 0.15) is 4.83 Å². The maximum atomic E-state index is 2.70. The molecule has 0 saturated heterocycles. The average Bonchev–Trinajstić information content (AvgIpc) is 3.68. The van der Waals surface area contributed by atoms with Gasteiger partial charge in [0.25, 0.3) is 6.71 Å². The molecule has 0 saturated carbocycles. The number of aryl methyl sites for hydroxylation is 1. The number of thiophene rings is 1. The number of benzene rings is 5. The molecule has 4 heterocycles. The summed E-state index contributed by atoms with van der Waals surface area (Å²) in [5.74, 6) is 0. The highest BCUT2D eigenvalue weighted by Crippen LogP contribution is 2.53. The van der Waals surface area contributed by atoms with Crippen molar-refractivity contribution in [2.75, 3.05) is 4.90 Å². The molecule has 0 unspecified atom stereocenters. The molecule has 2 aliphatic carbocycles. The van der Waals surface area contributed by atoms with Gasteiger partial charge in [-0.15, -0.1) is 11.3 Å². The van der Waals surface area contributed by atoms with Crippen LogP contribution in [0.15, 0.2) is 78.9 Å². The molecule has 0 bridgehead atoms. The van der Waals surface area contributed by atoms with Crippen LogP contribution in [-0.4, -0.2) is 11.3 Å². The van der Waals surface area contributed by atoms with Gasteiger partial charge in [0.2, 0.25) is 0 Å². The molecule has 4 heteroatoms. The molecule has 7 aromatic rings. The molecule has 0 radical (unpaired) electrons. The first-order valence-electron chi connectivity index (χ1n) is 21.6. The fraction of sp³-hybridized carbons (Fsp3) is 0.396. The van der Waals surface area contributed by atoms with Crippen molar-refractivity contribution in [1.29, 1.82) is 0 Å². The molecular formula is C53H57BN2S. The number of hydrogen-bond donors (Lipinski definition) is 0. The number of aromatic nitrogens is 1. The number of rotatable bonds is 1. The van der Waals surface area contributed by atoms with Crippen molar-refractivity contribution in [3.63, 3.8) is 0 Å². The van der Waals surface area contributed by atoms with Crippen LogP contribution in [0, 0.1) is 6.92 Å². The zero-order chi connectivity index (χ0) is 39.9. The van der Waals surface area contributed by atoms with Crippen molar-refractivity contribution in [1.82, 2.24) is 4.57 Å². The minimum Gasteiger partial charge on any atom is -0.311 e. The summed E-state index contributed by atoms with van der Waals surface area (Å²) in [6.07, 6.45) is 4.82. The fourth-order valence-corrected chi connectivity index (χ4v) is 12.8. The summed E-state index contributed by atoms with van der Waals surface area (Å²) in [6, 6.07) is 32.2. The van der Waals surface area contributed by atoms with Crippen LogP contribution < -0.4 is 21.3 Å². The first-order chi connectivity index (χ1) is 26.8. The lowest BCUT2D eigenvalue weighted by atomic mass is 9.33. The first kappa shape index (κ1) is 35.9. The van der Waals surface area contributed by atoms with Crippen LogP contribution in [0.3, 0.4) is 0 Å². The van der Waals surface area contributed by atoms with E-state index in [0.717, 1.165) is 0 Å². The molecule has 2 nitrogen and oxygen atoms in total. The zero-order valence-corrected chi connectivity index (χ0v) is 37.0. The molecule has 0 amide bonds. The van der Waals surface area contributed by atoms with Crippen molar-refractivity contribution in [2.45, 2.75) is 136 Å². The Bertz CT molecular complexity index is 2920. The van der Waals surface area contributed by atoms with Crippen LogP contribution in [-0.2, 0) is 27.1 Å². The van der Waals surface area contributed by atoms with Crippen LogP contribution in [0.25, 0.3) is 36.9 Å². The maximum absolute atomic E-state index is 2.70. The van der Waals surface area contributed by atoms with E-state index < -0.39 is 0 Å². The second-order valence-corrected chi connectivity index (χ2v) is 23.1. The van der Waals surface area contributed by atoms with Gasteiger partial charge in [-0.25, -0.2) is 0 Å². The second kappa shape index (κ2) is 11.1. The lowest BCUT2D eigenvalue weighted by Crippen LogP contribution is -2.61. The number of anilines is 3. The van der Waals surface area contributed by atoms with Gasteiger partial charge in [-0.2, -0.15) is 0 Å². The van der Waals surface area contributed by atoms with Crippen LogP contribution >= 0.6 is 11.3 Å². The molecule has 57 heavy (non-hydrogen) atoms. The van der Waals surface area contributed by atoms with Gasteiger partial charge in [-0.1, -0.05) is 113 Å². The van der Waals surface area contributed by atoms with Crippen LogP contribution in [0.2, 0.25) is 0 Å². The fourth-order valence-electron chi connectivity index (χ4n) is 11.6. The highest BCUT2D eigenvalue weighted by molar-refractivity contribution is 7.26. The second-order valence-electron chi connectivity index (χ2n) is 22.0. The van der Waals surface area contributed by atoms with E-state index in [1.54, 1.807) is 5.56 Å². The van der Waals surface area contributed by atoms with Gasteiger partial charge in [-0.3, -0.25) is 0 Å². The Labute approximate surface area is 344 Å². The van der Waals surface area contributed by atoms with E-state index in [9.17, 15) is 0 Å². The predicted molar refractivity (Wildman–Crippen MR) is 250 cm³/mol. The Morgan fingerprint density at radius 3 is 1.89 bits per heavy atom. The topological polar surface area (TPSA) is 8.17 Å². The number of hydrogen-bond acceptors (Lipinski definition) is 2. The smallest absolute Gasteiger partial charge is 0.252 e. The summed E-state index contributed by atoms with van der Waals surface area (Å²) in [5, 5.41) is 4.19. The Balaban J connectivity index is 1.31. The average molecular weight is 765 g/mol. The Morgan fingerprint density at radius 1 is 0.596 bits per heavy atom. The van der Waals surface area contributed by atoms with Gasteiger partial charge in [0.05, 0.1) is 5.52 Å². The third-order valence-electron chi connectivity index (χ3n) is 15.3. The largest absolute Gasteiger partial charge is 0.311 e. The molecule has 2 aromatic heterocycles. The number of fused-ring (bicyclic) bond motifs is 11.